The molecule has 2 fully saturated rings. The Morgan fingerprint density at radius 1 is 1.03 bits per heavy atom. The van der Waals surface area contributed by atoms with Crippen LogP contribution in [0, 0.1) is 6.92 Å². The van der Waals surface area contributed by atoms with E-state index in [0.29, 0.717) is 44.1 Å². The van der Waals surface area contributed by atoms with Gasteiger partial charge in [0.2, 0.25) is 11.5 Å². The molecule has 0 saturated carbocycles. The van der Waals surface area contributed by atoms with Crippen LogP contribution in [0.25, 0.3) is 10.9 Å². The first-order chi connectivity index (χ1) is 15.5. The molecule has 1 spiro atoms. The molecule has 3 aromatic rings. The second-order valence-corrected chi connectivity index (χ2v) is 8.33. The number of carbonyl (C=O) groups excluding carboxylic acids is 2. The molecule has 9 heteroatoms. The first-order valence-corrected chi connectivity index (χ1v) is 10.8. The summed E-state index contributed by atoms with van der Waals surface area (Å²) in [6.45, 7) is 3.93. The van der Waals surface area contributed by atoms with Crippen LogP contribution in [-0.2, 0) is 16.5 Å². The average Bonchev–Trinajstić information content (AvgIpc) is 3.31. The summed E-state index contributed by atoms with van der Waals surface area (Å²) in [5.41, 5.74) is 2.17. The fourth-order valence-electron chi connectivity index (χ4n) is 4.52. The number of nitrogens with zero attached hydrogens (tertiary/aromatic N) is 4. The Morgan fingerprint density at radius 3 is 2.53 bits per heavy atom. The van der Waals surface area contributed by atoms with Gasteiger partial charge >= 0.3 is 0 Å². The molecule has 9 nitrogen and oxygen atoms in total. The van der Waals surface area contributed by atoms with Crippen molar-refractivity contribution in [1.29, 1.82) is 0 Å². The second-order valence-electron chi connectivity index (χ2n) is 8.33. The molecular formula is C23H26N4O5. The number of benzene rings is 1. The fraction of sp³-hybridized carbons (Fsp3) is 0.435. The van der Waals surface area contributed by atoms with Gasteiger partial charge in [0.25, 0.3) is 11.8 Å². The minimum Gasteiger partial charge on any atom is -0.438 e. The standard InChI is InChI=1S/C23H26N4O5/c1-16-20(30-15-24-16)22(29)27-9-11-32-23(14-27)13-26(8-5-10-31-23)21(28)19-12-17-6-3-4-7-18(17)25(19)2/h3-4,6-7,12,15H,5,8-11,13-14H2,1-2H3. The molecule has 2 aliphatic rings. The number of fused-ring (bicyclic) bond motifs is 1. The molecule has 4 heterocycles. The zero-order valence-electron chi connectivity index (χ0n) is 18.2. The zero-order chi connectivity index (χ0) is 22.3. The minimum atomic E-state index is -1.07. The number of morpholine rings is 1. The van der Waals surface area contributed by atoms with Crippen molar-refractivity contribution in [2.45, 2.75) is 19.1 Å². The van der Waals surface area contributed by atoms with Gasteiger partial charge in [0, 0.05) is 31.0 Å². The van der Waals surface area contributed by atoms with E-state index in [1.54, 1.807) is 16.7 Å². The smallest absolute Gasteiger partial charge is 0.291 e. The lowest BCUT2D eigenvalue weighted by Crippen LogP contribution is -2.59. The van der Waals surface area contributed by atoms with Crippen molar-refractivity contribution in [3.63, 3.8) is 0 Å². The Kier molecular flexibility index (Phi) is 5.22. The van der Waals surface area contributed by atoms with Crippen LogP contribution in [-0.4, -0.2) is 76.3 Å². The molecule has 2 aromatic heterocycles. The van der Waals surface area contributed by atoms with E-state index in [9.17, 15) is 9.59 Å². The number of oxazole rings is 1. The van der Waals surface area contributed by atoms with E-state index in [-0.39, 0.29) is 30.7 Å². The lowest BCUT2D eigenvalue weighted by Gasteiger charge is -2.42. The maximum Gasteiger partial charge on any atom is 0.291 e. The Hall–Kier alpha value is -3.17. The number of aromatic nitrogens is 2. The number of ether oxygens (including phenoxy) is 2. The van der Waals surface area contributed by atoms with Gasteiger partial charge in [-0.25, -0.2) is 4.98 Å². The van der Waals surface area contributed by atoms with Crippen LogP contribution in [0.15, 0.2) is 41.1 Å². The lowest BCUT2D eigenvalue weighted by molar-refractivity contribution is -0.259. The SMILES string of the molecule is Cc1ncoc1C(=O)N1CCOC2(C1)CN(C(=O)c1cc3ccccc3n1C)CCCO2. The summed E-state index contributed by atoms with van der Waals surface area (Å²) in [5.74, 6) is -1.17. The van der Waals surface area contributed by atoms with Crippen molar-refractivity contribution >= 4 is 22.7 Å². The number of carbonyl (C=O) groups is 2. The normalized spacial score (nSPS) is 21.8. The average molecular weight is 438 g/mol. The summed E-state index contributed by atoms with van der Waals surface area (Å²) in [5, 5.41) is 1.02. The van der Waals surface area contributed by atoms with Crippen molar-refractivity contribution in [2.75, 3.05) is 39.4 Å². The molecule has 1 aromatic carbocycles. The van der Waals surface area contributed by atoms with Gasteiger partial charge in [-0.3, -0.25) is 9.59 Å². The first-order valence-electron chi connectivity index (χ1n) is 10.8. The summed E-state index contributed by atoms with van der Waals surface area (Å²) >= 11 is 0. The number of aryl methyl sites for hydroxylation is 2. The van der Waals surface area contributed by atoms with Gasteiger partial charge in [-0.05, 0) is 25.5 Å². The Labute approximate surface area is 185 Å². The van der Waals surface area contributed by atoms with E-state index in [0.717, 1.165) is 10.9 Å². The second kappa shape index (κ2) is 8.07. The van der Waals surface area contributed by atoms with Gasteiger partial charge in [0.05, 0.1) is 32.0 Å². The first kappa shape index (κ1) is 20.7. The number of rotatable bonds is 2. The zero-order valence-corrected chi connectivity index (χ0v) is 18.2. The third-order valence-corrected chi connectivity index (χ3v) is 6.21. The summed E-state index contributed by atoms with van der Waals surface area (Å²) in [7, 11) is 1.90. The summed E-state index contributed by atoms with van der Waals surface area (Å²) < 4.78 is 19.4. The molecule has 0 N–H and O–H groups in total. The van der Waals surface area contributed by atoms with E-state index in [1.807, 2.05) is 41.9 Å². The summed E-state index contributed by atoms with van der Waals surface area (Å²) in [4.78, 5) is 33.9. The predicted molar refractivity (Wildman–Crippen MR) is 115 cm³/mol. The van der Waals surface area contributed by atoms with E-state index >= 15 is 0 Å². The van der Waals surface area contributed by atoms with Crippen LogP contribution in [0.5, 0.6) is 0 Å². The number of hydrogen-bond acceptors (Lipinski definition) is 6. The molecule has 0 aliphatic carbocycles. The van der Waals surface area contributed by atoms with Gasteiger partial charge < -0.3 is 28.3 Å². The third kappa shape index (κ3) is 3.57. The van der Waals surface area contributed by atoms with E-state index < -0.39 is 5.79 Å². The molecule has 32 heavy (non-hydrogen) atoms. The molecule has 0 radical (unpaired) electrons. The van der Waals surface area contributed by atoms with Crippen molar-refractivity contribution in [2.24, 2.45) is 7.05 Å². The molecule has 5 rings (SSSR count). The molecule has 0 bridgehead atoms. The quantitative estimate of drug-likeness (QED) is 0.609. The summed E-state index contributed by atoms with van der Waals surface area (Å²) in [6.07, 6.45) is 1.96. The highest BCUT2D eigenvalue weighted by atomic mass is 16.7. The van der Waals surface area contributed by atoms with Crippen LogP contribution in [0.3, 0.4) is 0 Å². The van der Waals surface area contributed by atoms with Crippen molar-refractivity contribution in [1.82, 2.24) is 19.4 Å². The Morgan fingerprint density at radius 2 is 1.78 bits per heavy atom. The number of hydrogen-bond donors (Lipinski definition) is 0. The highest BCUT2D eigenvalue weighted by Crippen LogP contribution is 2.27. The topological polar surface area (TPSA) is 90.0 Å². The van der Waals surface area contributed by atoms with Crippen LogP contribution < -0.4 is 0 Å². The maximum absolute atomic E-state index is 13.5. The molecule has 1 unspecified atom stereocenters. The van der Waals surface area contributed by atoms with Crippen molar-refractivity contribution < 1.29 is 23.5 Å². The fourth-order valence-corrected chi connectivity index (χ4v) is 4.52. The van der Waals surface area contributed by atoms with E-state index in [1.165, 1.54) is 6.39 Å². The van der Waals surface area contributed by atoms with Crippen LogP contribution in [0.4, 0.5) is 0 Å². The predicted octanol–water partition coefficient (Wildman–Crippen LogP) is 2.21. The molecule has 168 valence electrons. The van der Waals surface area contributed by atoms with E-state index in [2.05, 4.69) is 4.98 Å². The third-order valence-electron chi connectivity index (χ3n) is 6.21. The monoisotopic (exact) mass is 438 g/mol. The molecule has 2 saturated heterocycles. The highest BCUT2D eigenvalue weighted by molar-refractivity contribution is 5.98. The number of amides is 2. The molecule has 1 atom stereocenters. The molecule has 2 aliphatic heterocycles. The maximum atomic E-state index is 13.5. The Bertz CT molecular complexity index is 1170. The van der Waals surface area contributed by atoms with Gasteiger partial charge in [-0.15, -0.1) is 0 Å². The van der Waals surface area contributed by atoms with Crippen molar-refractivity contribution in [3.8, 4) is 0 Å². The van der Waals surface area contributed by atoms with Gasteiger partial charge in [-0.2, -0.15) is 0 Å². The molecule has 2 amide bonds. The number of para-hydroxylation sites is 1. The minimum absolute atomic E-state index is 0.0771. The Balaban J connectivity index is 1.39. The van der Waals surface area contributed by atoms with Gasteiger partial charge in [-0.1, -0.05) is 18.2 Å². The van der Waals surface area contributed by atoms with Crippen molar-refractivity contribution in [3.05, 3.63) is 53.9 Å². The van der Waals surface area contributed by atoms with Crippen LogP contribution in [0.2, 0.25) is 0 Å². The molecular weight excluding hydrogens is 412 g/mol. The van der Waals surface area contributed by atoms with Crippen LogP contribution >= 0.6 is 0 Å². The van der Waals surface area contributed by atoms with Gasteiger partial charge in [0.15, 0.2) is 6.39 Å². The van der Waals surface area contributed by atoms with E-state index in [4.69, 9.17) is 13.9 Å². The lowest BCUT2D eigenvalue weighted by atomic mass is 10.1. The largest absolute Gasteiger partial charge is 0.438 e. The highest BCUT2D eigenvalue weighted by Gasteiger charge is 2.44. The summed E-state index contributed by atoms with van der Waals surface area (Å²) in [6, 6.07) is 9.84. The van der Waals surface area contributed by atoms with Crippen LogP contribution in [0.1, 0.15) is 33.2 Å². The van der Waals surface area contributed by atoms with Gasteiger partial charge in [0.1, 0.15) is 5.69 Å².